The van der Waals surface area contributed by atoms with Crippen LogP contribution in [0.25, 0.3) is 10.4 Å². The Morgan fingerprint density at radius 3 is 2.57 bits per heavy atom. The second-order valence-corrected chi connectivity index (χ2v) is 6.79. The van der Waals surface area contributed by atoms with Crippen LogP contribution in [0.3, 0.4) is 0 Å². The highest BCUT2D eigenvalue weighted by molar-refractivity contribution is 7.46. The van der Waals surface area contributed by atoms with E-state index in [-0.39, 0.29) is 12.6 Å². The van der Waals surface area contributed by atoms with E-state index in [0.29, 0.717) is 6.42 Å². The molecule has 0 aliphatic carbocycles. The van der Waals surface area contributed by atoms with E-state index in [9.17, 15) is 4.57 Å². The van der Waals surface area contributed by atoms with Gasteiger partial charge in [0.2, 0.25) is 0 Å². The van der Waals surface area contributed by atoms with Gasteiger partial charge in [-0.3, -0.25) is 4.52 Å². The molecular weight excluding hydrogens is 311 g/mol. The van der Waals surface area contributed by atoms with Gasteiger partial charge in [-0.05, 0) is 12.5 Å². The molecule has 1 aromatic heterocycles. The van der Waals surface area contributed by atoms with Crippen molar-refractivity contribution >= 4 is 19.2 Å². The van der Waals surface area contributed by atoms with Crippen LogP contribution in [0.1, 0.15) is 23.7 Å². The molecule has 1 atom stereocenters. The summed E-state index contributed by atoms with van der Waals surface area (Å²) in [6.07, 6.45) is 0.448. The maximum Gasteiger partial charge on any atom is 0.469 e. The summed E-state index contributed by atoms with van der Waals surface area (Å²) in [4.78, 5) is 22.6. The Morgan fingerprint density at radius 1 is 1.38 bits per heavy atom. The first-order valence-electron chi connectivity index (χ1n) is 6.40. The van der Waals surface area contributed by atoms with Crippen molar-refractivity contribution in [3.63, 3.8) is 0 Å². The summed E-state index contributed by atoms with van der Waals surface area (Å²) in [5, 5.41) is 0. The number of thiazole rings is 1. The quantitative estimate of drug-likeness (QED) is 0.702. The highest BCUT2D eigenvalue weighted by Crippen LogP contribution is 2.36. The Hall–Kier alpha value is -1.08. The minimum Gasteiger partial charge on any atom is -0.351 e. The van der Waals surface area contributed by atoms with Crippen LogP contribution < -0.4 is 5.73 Å². The van der Waals surface area contributed by atoms with E-state index in [1.54, 1.807) is 11.3 Å². The molecule has 0 fully saturated rings. The third-order valence-electron chi connectivity index (χ3n) is 3.12. The van der Waals surface area contributed by atoms with Gasteiger partial charge in [-0.15, -0.1) is 11.3 Å². The van der Waals surface area contributed by atoms with Crippen molar-refractivity contribution in [2.45, 2.75) is 19.4 Å². The number of phosphoric ester groups is 1. The zero-order valence-corrected chi connectivity index (χ0v) is 13.3. The minimum absolute atomic E-state index is 0.0197. The predicted octanol–water partition coefficient (Wildman–Crippen LogP) is 1.90. The zero-order chi connectivity index (χ0) is 15.5. The SMILES string of the molecule is Cc1ncsc1-c1ccc([C@@H]([NH3+])CCOP(=O)(O)O)cc1. The van der Waals surface area contributed by atoms with Gasteiger partial charge < -0.3 is 15.5 Å². The molecule has 0 saturated heterocycles. The molecule has 6 nitrogen and oxygen atoms in total. The number of aromatic nitrogens is 1. The fraction of sp³-hybridized carbons (Fsp3) is 0.308. The van der Waals surface area contributed by atoms with Gasteiger partial charge in [0.05, 0.1) is 22.7 Å². The fourth-order valence-corrected chi connectivity index (χ4v) is 3.12. The monoisotopic (exact) mass is 329 g/mol. The summed E-state index contributed by atoms with van der Waals surface area (Å²) in [6.45, 7) is 1.96. The van der Waals surface area contributed by atoms with Gasteiger partial charge in [-0.25, -0.2) is 9.55 Å². The molecule has 0 amide bonds. The third-order valence-corrected chi connectivity index (χ3v) is 4.61. The summed E-state index contributed by atoms with van der Waals surface area (Å²) in [6, 6.07) is 7.90. The first-order chi connectivity index (χ1) is 9.87. The normalized spacial score (nSPS) is 13.3. The number of benzene rings is 1. The van der Waals surface area contributed by atoms with Crippen LogP contribution in [0.4, 0.5) is 0 Å². The lowest BCUT2D eigenvalue weighted by Gasteiger charge is -2.10. The summed E-state index contributed by atoms with van der Waals surface area (Å²) in [5.41, 5.74) is 8.94. The van der Waals surface area contributed by atoms with Gasteiger partial charge in [0.1, 0.15) is 6.04 Å². The van der Waals surface area contributed by atoms with Crippen molar-refractivity contribution < 1.29 is 24.6 Å². The third kappa shape index (κ3) is 4.71. The lowest BCUT2D eigenvalue weighted by atomic mass is 10.0. The van der Waals surface area contributed by atoms with Gasteiger partial charge in [0.15, 0.2) is 0 Å². The average Bonchev–Trinajstić information content (AvgIpc) is 2.83. The second kappa shape index (κ2) is 6.79. The Kier molecular flexibility index (Phi) is 5.27. The van der Waals surface area contributed by atoms with Crippen molar-refractivity contribution in [1.82, 2.24) is 4.98 Å². The molecule has 0 saturated carbocycles. The van der Waals surface area contributed by atoms with Crippen molar-refractivity contribution in [1.29, 1.82) is 0 Å². The number of nitrogens with zero attached hydrogens (tertiary/aromatic N) is 1. The van der Waals surface area contributed by atoms with E-state index in [1.807, 2.05) is 36.7 Å². The number of hydrogen-bond acceptors (Lipinski definition) is 4. The molecule has 8 heteroatoms. The molecule has 21 heavy (non-hydrogen) atoms. The van der Waals surface area contributed by atoms with Crippen molar-refractivity contribution in [2.24, 2.45) is 0 Å². The Labute approximate surface area is 126 Å². The maximum atomic E-state index is 10.6. The number of rotatable bonds is 6. The molecular formula is C13H18N2O4PS+. The van der Waals surface area contributed by atoms with Crippen LogP contribution in [0.2, 0.25) is 0 Å². The van der Waals surface area contributed by atoms with Gasteiger partial charge >= 0.3 is 7.82 Å². The van der Waals surface area contributed by atoms with E-state index >= 15 is 0 Å². The molecule has 0 spiro atoms. The standard InChI is InChI=1S/C13H17N2O4PS/c1-9-13(21-8-15-9)11-4-2-10(3-5-11)12(14)6-7-19-20(16,17)18/h2-5,8,12H,6-7,14H2,1H3,(H2,16,17,18)/p+1/t12-/m0/s1. The lowest BCUT2D eigenvalue weighted by Crippen LogP contribution is -2.53. The molecule has 2 aromatic rings. The molecule has 1 aromatic carbocycles. The Balaban J connectivity index is 1.99. The summed E-state index contributed by atoms with van der Waals surface area (Å²) in [5.74, 6) is 0. The molecule has 0 radical (unpaired) electrons. The number of quaternary nitrogens is 1. The van der Waals surface area contributed by atoms with Crippen molar-refractivity contribution in [3.05, 3.63) is 41.0 Å². The number of aryl methyl sites for hydroxylation is 1. The van der Waals surface area contributed by atoms with Crippen LogP contribution in [0, 0.1) is 6.92 Å². The topological polar surface area (TPSA) is 107 Å². The Morgan fingerprint density at radius 2 is 2.05 bits per heavy atom. The number of hydrogen-bond donors (Lipinski definition) is 3. The fourth-order valence-electron chi connectivity index (χ4n) is 1.97. The van der Waals surface area contributed by atoms with Crippen LogP contribution in [-0.2, 0) is 9.09 Å². The average molecular weight is 329 g/mol. The van der Waals surface area contributed by atoms with Gasteiger partial charge in [0.25, 0.3) is 0 Å². The highest BCUT2D eigenvalue weighted by atomic mass is 32.1. The van der Waals surface area contributed by atoms with E-state index in [0.717, 1.165) is 21.7 Å². The summed E-state index contributed by atoms with van der Waals surface area (Å²) in [7, 11) is -4.39. The first-order valence-corrected chi connectivity index (χ1v) is 8.81. The second-order valence-electron chi connectivity index (χ2n) is 4.70. The van der Waals surface area contributed by atoms with Crippen LogP contribution in [0.15, 0.2) is 29.8 Å². The first kappa shape index (κ1) is 16.3. The zero-order valence-electron chi connectivity index (χ0n) is 11.6. The van der Waals surface area contributed by atoms with E-state index in [4.69, 9.17) is 9.79 Å². The molecule has 0 bridgehead atoms. The minimum atomic E-state index is -4.39. The molecule has 0 aliphatic rings. The molecule has 2 rings (SSSR count). The van der Waals surface area contributed by atoms with E-state index in [2.05, 4.69) is 15.2 Å². The lowest BCUT2D eigenvalue weighted by molar-refractivity contribution is -0.428. The smallest absolute Gasteiger partial charge is 0.351 e. The van der Waals surface area contributed by atoms with Crippen molar-refractivity contribution in [3.8, 4) is 10.4 Å². The van der Waals surface area contributed by atoms with Crippen LogP contribution in [0.5, 0.6) is 0 Å². The molecule has 5 N–H and O–H groups in total. The number of phosphoric acid groups is 1. The maximum absolute atomic E-state index is 10.6. The van der Waals surface area contributed by atoms with E-state index < -0.39 is 7.82 Å². The Bertz CT molecular complexity index is 638. The van der Waals surface area contributed by atoms with Crippen molar-refractivity contribution in [2.75, 3.05) is 6.61 Å². The van der Waals surface area contributed by atoms with Crippen LogP contribution in [-0.4, -0.2) is 21.4 Å². The van der Waals surface area contributed by atoms with Gasteiger partial charge in [0, 0.05) is 12.0 Å². The van der Waals surface area contributed by atoms with Gasteiger partial charge in [-0.1, -0.05) is 24.3 Å². The summed E-state index contributed by atoms with van der Waals surface area (Å²) >= 11 is 1.60. The largest absolute Gasteiger partial charge is 0.469 e. The van der Waals surface area contributed by atoms with Gasteiger partial charge in [-0.2, -0.15) is 0 Å². The predicted molar refractivity (Wildman–Crippen MR) is 80.5 cm³/mol. The highest BCUT2D eigenvalue weighted by Gasteiger charge is 2.16. The van der Waals surface area contributed by atoms with E-state index in [1.165, 1.54) is 0 Å². The molecule has 114 valence electrons. The molecule has 0 aliphatic heterocycles. The summed E-state index contributed by atoms with van der Waals surface area (Å²) < 4.78 is 15.0. The molecule has 0 unspecified atom stereocenters. The molecule has 1 heterocycles. The van der Waals surface area contributed by atoms with Crippen LogP contribution >= 0.6 is 19.2 Å².